The van der Waals surface area contributed by atoms with Crippen molar-refractivity contribution in [2.45, 2.75) is 36.1 Å². The highest BCUT2D eigenvalue weighted by atomic mass is 32.2. The van der Waals surface area contributed by atoms with Gasteiger partial charge in [-0.1, -0.05) is 30.0 Å². The molecule has 1 aliphatic rings. The Morgan fingerprint density at radius 3 is 2.72 bits per heavy atom. The minimum absolute atomic E-state index is 0.00875. The summed E-state index contributed by atoms with van der Waals surface area (Å²) >= 11 is 1.70. The van der Waals surface area contributed by atoms with E-state index in [1.807, 2.05) is 37.3 Å². The molecular weight excluding hydrogens is 384 g/mol. The lowest BCUT2D eigenvalue weighted by molar-refractivity contribution is -0.119. The third kappa shape index (κ3) is 5.08. The van der Waals surface area contributed by atoms with E-state index in [0.29, 0.717) is 0 Å². The van der Waals surface area contributed by atoms with Crippen molar-refractivity contribution < 1.29 is 4.79 Å². The maximum atomic E-state index is 11.4. The van der Waals surface area contributed by atoms with Crippen molar-refractivity contribution in [3.8, 4) is 0 Å². The number of amides is 1. The van der Waals surface area contributed by atoms with E-state index in [1.165, 1.54) is 4.90 Å². The molecule has 0 radical (unpaired) electrons. The number of benzene rings is 1. The van der Waals surface area contributed by atoms with Crippen LogP contribution in [-0.2, 0) is 4.79 Å². The predicted octanol–water partition coefficient (Wildman–Crippen LogP) is 3.72. The second-order valence-corrected chi connectivity index (χ2v) is 8.30. The molecule has 3 aromatic rings. The van der Waals surface area contributed by atoms with Crippen LogP contribution >= 0.6 is 11.8 Å². The Morgan fingerprint density at radius 1 is 1.17 bits per heavy atom. The zero-order valence-corrected chi connectivity index (χ0v) is 17.3. The fraction of sp³-hybridized carbons (Fsp3) is 0.286. The monoisotopic (exact) mass is 408 g/mol. The molecule has 1 aliphatic heterocycles. The van der Waals surface area contributed by atoms with Gasteiger partial charge in [0.1, 0.15) is 11.6 Å². The number of pyridine rings is 1. The number of carbonyl (C=O) groups is 1. The lowest BCUT2D eigenvalue weighted by Crippen LogP contribution is -2.35. The summed E-state index contributed by atoms with van der Waals surface area (Å²) in [5.74, 6) is 2.39. The molecule has 0 saturated carbocycles. The van der Waals surface area contributed by atoms with Crippen molar-refractivity contribution >= 4 is 35.1 Å². The summed E-state index contributed by atoms with van der Waals surface area (Å²) in [6.45, 7) is 5.14. The third-order valence-electron chi connectivity index (χ3n) is 4.65. The molecule has 0 aliphatic carbocycles. The van der Waals surface area contributed by atoms with Gasteiger partial charge in [0.2, 0.25) is 5.91 Å². The molecule has 0 bridgehead atoms. The molecule has 1 aromatic carbocycles. The molecule has 7 nitrogen and oxygen atoms in total. The van der Waals surface area contributed by atoms with Crippen LogP contribution < -0.4 is 15.5 Å². The average Bonchev–Trinajstić information content (AvgIpc) is 3.31. The number of H-pyrrole nitrogens is 1. The minimum Gasteiger partial charge on any atom is -0.354 e. The Kier molecular flexibility index (Phi) is 5.71. The Morgan fingerprint density at radius 2 is 2.00 bits per heavy atom. The van der Waals surface area contributed by atoms with E-state index in [4.69, 9.17) is 4.98 Å². The third-order valence-corrected chi connectivity index (χ3v) is 5.63. The number of hydrogen-bond acceptors (Lipinski definition) is 6. The SMILES string of the molecule is CC(=O)N[C@@H]1CCN(c2cc(Sc3ccccc3)cc(Nc3cc(C)[nH]n3)n2)C1. The highest BCUT2D eigenvalue weighted by molar-refractivity contribution is 7.99. The van der Waals surface area contributed by atoms with Crippen molar-refractivity contribution in [2.75, 3.05) is 23.3 Å². The second kappa shape index (κ2) is 8.57. The van der Waals surface area contributed by atoms with E-state index < -0.39 is 0 Å². The molecular formula is C21H24N6OS. The van der Waals surface area contributed by atoms with Crippen molar-refractivity contribution in [1.82, 2.24) is 20.5 Å². The molecule has 0 spiro atoms. The first-order valence-corrected chi connectivity index (χ1v) is 10.4. The van der Waals surface area contributed by atoms with Gasteiger partial charge in [-0.15, -0.1) is 0 Å². The van der Waals surface area contributed by atoms with E-state index in [9.17, 15) is 4.79 Å². The summed E-state index contributed by atoms with van der Waals surface area (Å²) < 4.78 is 0. The van der Waals surface area contributed by atoms with Crippen molar-refractivity contribution in [2.24, 2.45) is 0 Å². The molecule has 1 atom stereocenters. The first-order valence-electron chi connectivity index (χ1n) is 9.61. The van der Waals surface area contributed by atoms with Gasteiger partial charge in [0.05, 0.1) is 0 Å². The topological polar surface area (TPSA) is 85.9 Å². The number of anilines is 3. The summed E-state index contributed by atoms with van der Waals surface area (Å²) in [5, 5.41) is 13.5. The van der Waals surface area contributed by atoms with Gasteiger partial charge in [-0.2, -0.15) is 5.10 Å². The van der Waals surface area contributed by atoms with Gasteiger partial charge in [-0.05, 0) is 37.6 Å². The average molecular weight is 409 g/mol. The number of carbonyl (C=O) groups excluding carboxylic acids is 1. The number of rotatable bonds is 6. The van der Waals surface area contributed by atoms with E-state index in [1.54, 1.807) is 18.7 Å². The number of nitrogens with one attached hydrogen (secondary N) is 3. The molecule has 1 fully saturated rings. The van der Waals surface area contributed by atoms with Crippen LogP contribution in [0.2, 0.25) is 0 Å². The Bertz CT molecular complexity index is 990. The summed E-state index contributed by atoms with van der Waals surface area (Å²) in [6, 6.07) is 16.5. The van der Waals surface area contributed by atoms with Crippen LogP contribution in [0.4, 0.5) is 17.5 Å². The van der Waals surface area contributed by atoms with E-state index in [-0.39, 0.29) is 11.9 Å². The molecule has 1 saturated heterocycles. The van der Waals surface area contributed by atoms with Gasteiger partial charge >= 0.3 is 0 Å². The number of aromatic amines is 1. The zero-order valence-electron chi connectivity index (χ0n) is 16.5. The maximum absolute atomic E-state index is 11.4. The van der Waals surface area contributed by atoms with E-state index in [2.05, 4.69) is 43.9 Å². The summed E-state index contributed by atoms with van der Waals surface area (Å²) in [4.78, 5) is 20.7. The molecule has 3 N–H and O–H groups in total. The van der Waals surface area contributed by atoms with Crippen LogP contribution in [0.1, 0.15) is 19.0 Å². The largest absolute Gasteiger partial charge is 0.354 e. The first-order chi connectivity index (χ1) is 14.0. The van der Waals surface area contributed by atoms with Crippen LogP contribution in [0.15, 0.2) is 58.3 Å². The van der Waals surface area contributed by atoms with Crippen molar-refractivity contribution in [3.05, 3.63) is 54.2 Å². The quantitative estimate of drug-likeness (QED) is 0.576. The van der Waals surface area contributed by atoms with Gasteiger partial charge < -0.3 is 15.5 Å². The zero-order chi connectivity index (χ0) is 20.2. The van der Waals surface area contributed by atoms with Crippen molar-refractivity contribution in [1.29, 1.82) is 0 Å². The highest BCUT2D eigenvalue weighted by Gasteiger charge is 2.24. The maximum Gasteiger partial charge on any atom is 0.217 e. The molecule has 0 unspecified atom stereocenters. The van der Waals surface area contributed by atoms with Gasteiger partial charge in [-0.25, -0.2) is 4.98 Å². The Hall–Kier alpha value is -3.00. The number of nitrogens with zero attached hydrogens (tertiary/aromatic N) is 3. The van der Waals surface area contributed by atoms with Gasteiger partial charge in [0.15, 0.2) is 5.82 Å². The molecule has 8 heteroatoms. The highest BCUT2D eigenvalue weighted by Crippen LogP contribution is 2.33. The normalized spacial score (nSPS) is 16.1. The molecule has 2 aromatic heterocycles. The van der Waals surface area contributed by atoms with Crippen LogP contribution in [0, 0.1) is 6.92 Å². The molecule has 29 heavy (non-hydrogen) atoms. The number of hydrogen-bond donors (Lipinski definition) is 3. The molecule has 150 valence electrons. The van der Waals surface area contributed by atoms with Crippen LogP contribution in [0.5, 0.6) is 0 Å². The standard InChI is InChI=1S/C21H24N6OS/c1-14-10-20(26-25-14)23-19-11-18(29-17-6-4-3-5-7-17)12-21(24-19)27-9-8-16(13-27)22-15(2)28/h3-7,10-12,16H,8-9,13H2,1-2H3,(H,22,28)(H2,23,24,25,26)/t16-/m1/s1. The minimum atomic E-state index is 0.00875. The summed E-state index contributed by atoms with van der Waals surface area (Å²) in [5.41, 5.74) is 0.986. The fourth-order valence-electron chi connectivity index (χ4n) is 3.39. The number of aryl methyl sites for hydroxylation is 1. The Labute approximate surface area is 174 Å². The first kappa shape index (κ1) is 19.3. The van der Waals surface area contributed by atoms with Gasteiger partial charge in [0, 0.05) is 47.6 Å². The van der Waals surface area contributed by atoms with Gasteiger partial charge in [-0.3, -0.25) is 9.89 Å². The predicted molar refractivity (Wildman–Crippen MR) is 116 cm³/mol. The van der Waals surface area contributed by atoms with Crippen LogP contribution in [0.25, 0.3) is 0 Å². The second-order valence-electron chi connectivity index (χ2n) is 7.15. The molecule has 3 heterocycles. The smallest absolute Gasteiger partial charge is 0.217 e. The summed E-state index contributed by atoms with van der Waals surface area (Å²) in [7, 11) is 0. The van der Waals surface area contributed by atoms with E-state index >= 15 is 0 Å². The summed E-state index contributed by atoms with van der Waals surface area (Å²) in [6.07, 6.45) is 0.915. The Balaban J connectivity index is 1.60. The lowest BCUT2D eigenvalue weighted by Gasteiger charge is -2.20. The fourth-order valence-corrected chi connectivity index (χ4v) is 4.29. The molecule has 1 amide bonds. The molecule has 4 rings (SSSR count). The lowest BCUT2D eigenvalue weighted by atomic mass is 10.2. The van der Waals surface area contributed by atoms with Crippen LogP contribution in [-0.4, -0.2) is 40.2 Å². The van der Waals surface area contributed by atoms with Crippen molar-refractivity contribution in [3.63, 3.8) is 0 Å². The van der Waals surface area contributed by atoms with Crippen LogP contribution in [0.3, 0.4) is 0 Å². The number of aromatic nitrogens is 3. The van der Waals surface area contributed by atoms with E-state index in [0.717, 1.165) is 47.6 Å². The van der Waals surface area contributed by atoms with Gasteiger partial charge in [0.25, 0.3) is 0 Å².